The quantitative estimate of drug-likeness (QED) is 0.926. The lowest BCUT2D eigenvalue weighted by atomic mass is 10.1. The van der Waals surface area contributed by atoms with Crippen LogP contribution in [0.2, 0.25) is 0 Å². The fourth-order valence-corrected chi connectivity index (χ4v) is 2.96. The van der Waals surface area contributed by atoms with Crippen molar-refractivity contribution in [3.63, 3.8) is 0 Å². The van der Waals surface area contributed by atoms with Crippen molar-refractivity contribution in [2.45, 2.75) is 25.9 Å². The third kappa shape index (κ3) is 3.37. The molecule has 0 atom stereocenters. The van der Waals surface area contributed by atoms with E-state index in [1.165, 1.54) is 23.5 Å². The summed E-state index contributed by atoms with van der Waals surface area (Å²) in [6, 6.07) is 5.11. The molecule has 1 aromatic carbocycles. The fourth-order valence-electron chi connectivity index (χ4n) is 1.85. The fraction of sp³-hybridized carbons (Fsp3) is 0.357. The minimum atomic E-state index is -4.30. The predicted molar refractivity (Wildman–Crippen MR) is 74.7 cm³/mol. The summed E-state index contributed by atoms with van der Waals surface area (Å²) in [6.07, 6.45) is -2.56. The van der Waals surface area contributed by atoms with Gasteiger partial charge in [-0.3, -0.25) is 0 Å². The highest BCUT2D eigenvalue weighted by atomic mass is 32.1. The van der Waals surface area contributed by atoms with Crippen LogP contribution in [0.5, 0.6) is 0 Å². The Labute approximate surface area is 119 Å². The first-order chi connectivity index (χ1) is 9.41. The second-order valence-corrected chi connectivity index (χ2v) is 5.58. The monoisotopic (exact) mass is 300 g/mol. The largest absolute Gasteiger partial charge is 0.416 e. The number of alkyl halides is 3. The van der Waals surface area contributed by atoms with E-state index in [0.29, 0.717) is 12.1 Å². The lowest BCUT2D eigenvalue weighted by molar-refractivity contribution is -0.137. The Morgan fingerprint density at radius 1 is 1.20 bits per heavy atom. The Hall–Kier alpha value is -1.40. The number of rotatable bonds is 4. The molecule has 2 aromatic rings. The second kappa shape index (κ2) is 5.93. The van der Waals surface area contributed by atoms with Crippen LogP contribution in [0.15, 0.2) is 24.3 Å². The smallest absolute Gasteiger partial charge is 0.330 e. The molecule has 20 heavy (non-hydrogen) atoms. The number of hydrogen-bond acceptors (Lipinski definition) is 3. The van der Waals surface area contributed by atoms with Gasteiger partial charge in [-0.15, -0.1) is 11.3 Å². The van der Waals surface area contributed by atoms with Crippen LogP contribution in [0.3, 0.4) is 0 Å². The van der Waals surface area contributed by atoms with Crippen molar-refractivity contribution in [3.8, 4) is 10.6 Å². The van der Waals surface area contributed by atoms with E-state index in [-0.39, 0.29) is 0 Å². The summed E-state index contributed by atoms with van der Waals surface area (Å²) in [5.41, 5.74) is 6.48. The van der Waals surface area contributed by atoms with Crippen molar-refractivity contribution in [2.24, 2.45) is 5.73 Å². The number of benzene rings is 1. The Morgan fingerprint density at radius 2 is 1.85 bits per heavy atom. The molecule has 0 aliphatic rings. The molecule has 0 saturated heterocycles. The molecule has 0 bridgehead atoms. The molecule has 0 aliphatic carbocycles. The summed E-state index contributed by atoms with van der Waals surface area (Å²) in [5.74, 6) is 0. The maximum atomic E-state index is 12.5. The maximum Gasteiger partial charge on any atom is 0.416 e. The number of nitrogens with zero attached hydrogens (tertiary/aromatic N) is 1. The van der Waals surface area contributed by atoms with Crippen molar-refractivity contribution < 1.29 is 13.2 Å². The van der Waals surface area contributed by atoms with E-state index < -0.39 is 11.7 Å². The average Bonchev–Trinajstić information content (AvgIpc) is 2.77. The molecule has 2 N–H and O–H groups in total. The molecular weight excluding hydrogens is 285 g/mol. The number of thiazole rings is 1. The SMILES string of the molecule is Cc1nc(-c2ccc(C(F)(F)F)cc2)sc1CCCN. The molecule has 0 radical (unpaired) electrons. The first-order valence-electron chi connectivity index (χ1n) is 6.26. The molecule has 2 rings (SSSR count). The number of aryl methyl sites for hydroxylation is 2. The van der Waals surface area contributed by atoms with Gasteiger partial charge in [0.25, 0.3) is 0 Å². The van der Waals surface area contributed by atoms with E-state index in [9.17, 15) is 13.2 Å². The summed E-state index contributed by atoms with van der Waals surface area (Å²) in [5, 5.41) is 0.753. The zero-order chi connectivity index (χ0) is 14.8. The van der Waals surface area contributed by atoms with Gasteiger partial charge in [-0.1, -0.05) is 12.1 Å². The molecule has 0 aliphatic heterocycles. The standard InChI is InChI=1S/C14H15F3N2S/c1-9-12(3-2-8-18)20-13(19-9)10-4-6-11(7-5-10)14(15,16)17/h4-7H,2-3,8,18H2,1H3. The van der Waals surface area contributed by atoms with Gasteiger partial charge in [0.1, 0.15) is 5.01 Å². The van der Waals surface area contributed by atoms with Gasteiger partial charge < -0.3 is 5.73 Å². The van der Waals surface area contributed by atoms with Gasteiger partial charge in [0, 0.05) is 10.4 Å². The summed E-state index contributed by atoms with van der Waals surface area (Å²) >= 11 is 1.52. The highest BCUT2D eigenvalue weighted by molar-refractivity contribution is 7.15. The number of halogens is 3. The third-order valence-electron chi connectivity index (χ3n) is 2.96. The van der Waals surface area contributed by atoms with Crippen molar-refractivity contribution in [1.29, 1.82) is 0 Å². The van der Waals surface area contributed by atoms with Gasteiger partial charge in [0.2, 0.25) is 0 Å². The molecule has 0 amide bonds. The molecule has 0 fully saturated rings. The van der Waals surface area contributed by atoms with Gasteiger partial charge in [-0.05, 0) is 38.4 Å². The normalized spacial score (nSPS) is 11.8. The molecule has 0 saturated carbocycles. The Morgan fingerprint density at radius 3 is 2.40 bits per heavy atom. The molecule has 0 spiro atoms. The van der Waals surface area contributed by atoms with Gasteiger partial charge in [0.05, 0.1) is 11.3 Å². The first kappa shape index (κ1) is 15.0. The zero-order valence-electron chi connectivity index (χ0n) is 11.0. The number of nitrogens with two attached hydrogens (primary N) is 1. The highest BCUT2D eigenvalue weighted by Gasteiger charge is 2.30. The first-order valence-corrected chi connectivity index (χ1v) is 7.07. The van der Waals surface area contributed by atoms with Crippen LogP contribution >= 0.6 is 11.3 Å². The van der Waals surface area contributed by atoms with Crippen molar-refractivity contribution in [1.82, 2.24) is 4.98 Å². The zero-order valence-corrected chi connectivity index (χ0v) is 11.8. The van der Waals surface area contributed by atoms with Crippen molar-refractivity contribution in [3.05, 3.63) is 40.4 Å². The Kier molecular flexibility index (Phi) is 4.45. The van der Waals surface area contributed by atoms with E-state index in [0.717, 1.165) is 40.6 Å². The van der Waals surface area contributed by atoms with E-state index >= 15 is 0 Å². The molecule has 1 aromatic heterocycles. The summed E-state index contributed by atoms with van der Waals surface area (Å²) in [7, 11) is 0. The van der Waals surface area contributed by atoms with Crippen molar-refractivity contribution in [2.75, 3.05) is 6.54 Å². The van der Waals surface area contributed by atoms with E-state index in [2.05, 4.69) is 4.98 Å². The van der Waals surface area contributed by atoms with Crippen LogP contribution in [0.4, 0.5) is 13.2 Å². The van der Waals surface area contributed by atoms with Gasteiger partial charge >= 0.3 is 6.18 Å². The van der Waals surface area contributed by atoms with E-state index in [4.69, 9.17) is 5.73 Å². The number of hydrogen-bond donors (Lipinski definition) is 1. The highest BCUT2D eigenvalue weighted by Crippen LogP contribution is 2.33. The molecular formula is C14H15F3N2S. The molecule has 0 unspecified atom stereocenters. The van der Waals surface area contributed by atoms with Gasteiger partial charge in [-0.25, -0.2) is 4.98 Å². The Balaban J connectivity index is 2.24. The van der Waals surface area contributed by atoms with Crippen molar-refractivity contribution >= 4 is 11.3 Å². The van der Waals surface area contributed by atoms with Crippen LogP contribution in [-0.4, -0.2) is 11.5 Å². The lowest BCUT2D eigenvalue weighted by Crippen LogP contribution is -2.03. The summed E-state index contributed by atoms with van der Waals surface area (Å²) in [6.45, 7) is 2.53. The average molecular weight is 300 g/mol. The van der Waals surface area contributed by atoms with Gasteiger partial charge in [-0.2, -0.15) is 13.2 Å². The second-order valence-electron chi connectivity index (χ2n) is 4.49. The molecule has 2 nitrogen and oxygen atoms in total. The third-order valence-corrected chi connectivity index (χ3v) is 4.23. The molecule has 108 valence electrons. The van der Waals surface area contributed by atoms with Crippen LogP contribution in [-0.2, 0) is 12.6 Å². The van der Waals surface area contributed by atoms with Crippen LogP contribution in [0.1, 0.15) is 22.6 Å². The van der Waals surface area contributed by atoms with Crippen LogP contribution in [0, 0.1) is 6.92 Å². The molecule has 6 heteroatoms. The maximum absolute atomic E-state index is 12.5. The number of aromatic nitrogens is 1. The minimum Gasteiger partial charge on any atom is -0.330 e. The van der Waals surface area contributed by atoms with E-state index in [1.807, 2.05) is 6.92 Å². The van der Waals surface area contributed by atoms with E-state index in [1.54, 1.807) is 0 Å². The summed E-state index contributed by atoms with van der Waals surface area (Å²) < 4.78 is 37.5. The summed E-state index contributed by atoms with van der Waals surface area (Å²) in [4.78, 5) is 5.57. The Bertz CT molecular complexity index is 573. The van der Waals surface area contributed by atoms with Crippen LogP contribution in [0.25, 0.3) is 10.6 Å². The predicted octanol–water partition coefficient (Wildman–Crippen LogP) is 4.03. The minimum absolute atomic E-state index is 0.618. The topological polar surface area (TPSA) is 38.9 Å². The lowest BCUT2D eigenvalue weighted by Gasteiger charge is -2.06. The molecule has 1 heterocycles. The van der Waals surface area contributed by atoms with Crippen LogP contribution < -0.4 is 5.73 Å². The van der Waals surface area contributed by atoms with Gasteiger partial charge in [0.15, 0.2) is 0 Å².